The molecule has 0 unspecified atom stereocenters. The molecule has 1 amide bonds. The van der Waals surface area contributed by atoms with Gasteiger partial charge in [0.25, 0.3) is 5.91 Å². The number of alkyl halides is 2. The second-order valence-corrected chi connectivity index (χ2v) is 11.3. The topological polar surface area (TPSA) is 88.6 Å². The van der Waals surface area contributed by atoms with Crippen molar-refractivity contribution in [1.29, 1.82) is 0 Å². The molecule has 1 heterocycles. The van der Waals surface area contributed by atoms with E-state index in [0.717, 1.165) is 11.3 Å². The van der Waals surface area contributed by atoms with Crippen LogP contribution >= 0.6 is 34.5 Å². The number of benzene rings is 3. The number of thiazole rings is 1. The van der Waals surface area contributed by atoms with Gasteiger partial charge >= 0.3 is 0 Å². The second-order valence-electron chi connectivity index (χ2n) is 7.74. The largest absolute Gasteiger partial charge is 0.457 e. The standard InChI is InChI=1S/C26H23Cl2N3O4S2/c27-14-16-31(17-15-28)37(33,34)23-12-8-20(9-13-23)25(32)30-26-29-24(18-36-26)19-6-10-22(11-7-19)35-21-4-2-1-3-5-21/h1-13,18H,14-17H2,(H,29,30,32). The normalized spacial score (nSPS) is 11.4. The van der Waals surface area contributed by atoms with Gasteiger partial charge in [0, 0.05) is 41.4 Å². The summed E-state index contributed by atoms with van der Waals surface area (Å²) in [4.78, 5) is 17.3. The highest BCUT2D eigenvalue weighted by Gasteiger charge is 2.24. The first-order valence-corrected chi connectivity index (χ1v) is 14.6. The average molecular weight is 577 g/mol. The van der Waals surface area contributed by atoms with E-state index in [9.17, 15) is 13.2 Å². The number of anilines is 1. The molecule has 0 fully saturated rings. The van der Waals surface area contributed by atoms with Crippen LogP contribution in [-0.4, -0.2) is 48.5 Å². The molecule has 0 spiro atoms. The van der Waals surface area contributed by atoms with Crippen LogP contribution in [0.2, 0.25) is 0 Å². The van der Waals surface area contributed by atoms with E-state index in [1.54, 1.807) is 0 Å². The second kappa shape index (κ2) is 12.5. The summed E-state index contributed by atoms with van der Waals surface area (Å²) in [5.41, 5.74) is 1.90. The van der Waals surface area contributed by atoms with Gasteiger partial charge in [-0.1, -0.05) is 18.2 Å². The fourth-order valence-electron chi connectivity index (χ4n) is 3.42. The lowest BCUT2D eigenvalue weighted by Gasteiger charge is -2.20. The highest BCUT2D eigenvalue weighted by atomic mass is 35.5. The van der Waals surface area contributed by atoms with E-state index in [-0.39, 0.29) is 29.7 Å². The fraction of sp³-hybridized carbons (Fsp3) is 0.154. The number of aromatic nitrogens is 1. The van der Waals surface area contributed by atoms with E-state index in [1.807, 2.05) is 60.0 Å². The summed E-state index contributed by atoms with van der Waals surface area (Å²) < 4.78 is 32.7. The number of rotatable bonds is 11. The molecule has 0 aliphatic heterocycles. The van der Waals surface area contributed by atoms with Crippen LogP contribution in [0.25, 0.3) is 11.3 Å². The van der Waals surface area contributed by atoms with Crippen LogP contribution in [0, 0.1) is 0 Å². The maximum atomic E-state index is 12.8. The van der Waals surface area contributed by atoms with Gasteiger partial charge in [-0.25, -0.2) is 13.4 Å². The maximum absolute atomic E-state index is 12.8. The first-order valence-electron chi connectivity index (χ1n) is 11.2. The summed E-state index contributed by atoms with van der Waals surface area (Å²) in [6, 6.07) is 22.7. The molecule has 1 aromatic heterocycles. The lowest BCUT2D eigenvalue weighted by atomic mass is 10.2. The third-order valence-electron chi connectivity index (χ3n) is 5.28. The van der Waals surface area contributed by atoms with Crippen molar-refractivity contribution in [3.63, 3.8) is 0 Å². The Balaban J connectivity index is 1.40. The number of nitrogens with zero attached hydrogens (tertiary/aromatic N) is 2. The highest BCUT2D eigenvalue weighted by Crippen LogP contribution is 2.28. The number of amides is 1. The number of hydrogen-bond donors (Lipinski definition) is 1. The molecule has 4 rings (SSSR count). The van der Waals surface area contributed by atoms with Crippen molar-refractivity contribution in [2.24, 2.45) is 0 Å². The number of halogens is 2. The van der Waals surface area contributed by atoms with Gasteiger partial charge in [-0.15, -0.1) is 34.5 Å². The predicted molar refractivity (Wildman–Crippen MR) is 149 cm³/mol. The predicted octanol–water partition coefficient (Wildman–Crippen LogP) is 6.32. The molecule has 0 aliphatic carbocycles. The molecular weight excluding hydrogens is 553 g/mol. The number of carbonyl (C=O) groups is 1. The van der Waals surface area contributed by atoms with Crippen LogP contribution in [0.1, 0.15) is 10.4 Å². The number of carbonyl (C=O) groups excluding carboxylic acids is 1. The maximum Gasteiger partial charge on any atom is 0.257 e. The minimum atomic E-state index is -3.76. The van der Waals surface area contributed by atoms with E-state index >= 15 is 0 Å². The third kappa shape index (κ3) is 6.88. The molecule has 7 nitrogen and oxygen atoms in total. The minimum Gasteiger partial charge on any atom is -0.457 e. The van der Waals surface area contributed by atoms with Crippen molar-refractivity contribution in [2.75, 3.05) is 30.2 Å². The van der Waals surface area contributed by atoms with Gasteiger partial charge < -0.3 is 4.74 Å². The van der Waals surface area contributed by atoms with Crippen molar-refractivity contribution < 1.29 is 17.9 Å². The van der Waals surface area contributed by atoms with Crippen molar-refractivity contribution in [3.8, 4) is 22.8 Å². The van der Waals surface area contributed by atoms with Crippen LogP contribution in [-0.2, 0) is 10.0 Å². The Morgan fingerprint density at radius 1 is 0.892 bits per heavy atom. The SMILES string of the molecule is O=C(Nc1nc(-c2ccc(Oc3ccccc3)cc2)cs1)c1ccc(S(=O)(=O)N(CCCl)CCCl)cc1. The summed E-state index contributed by atoms with van der Waals surface area (Å²) in [5.74, 6) is 1.37. The van der Waals surface area contributed by atoms with Crippen molar-refractivity contribution >= 4 is 55.6 Å². The molecule has 192 valence electrons. The van der Waals surface area contributed by atoms with E-state index in [4.69, 9.17) is 27.9 Å². The van der Waals surface area contributed by atoms with Gasteiger partial charge in [0.15, 0.2) is 5.13 Å². The molecule has 1 N–H and O–H groups in total. The van der Waals surface area contributed by atoms with Gasteiger partial charge in [-0.3, -0.25) is 10.1 Å². The average Bonchev–Trinajstić information content (AvgIpc) is 3.38. The quantitative estimate of drug-likeness (QED) is 0.211. The molecule has 0 radical (unpaired) electrons. The Morgan fingerprint density at radius 3 is 2.14 bits per heavy atom. The highest BCUT2D eigenvalue weighted by molar-refractivity contribution is 7.89. The van der Waals surface area contributed by atoms with Crippen LogP contribution in [0.5, 0.6) is 11.5 Å². The number of sulfonamides is 1. The van der Waals surface area contributed by atoms with Gasteiger partial charge in [0.1, 0.15) is 11.5 Å². The molecule has 0 bridgehead atoms. The van der Waals surface area contributed by atoms with Gasteiger partial charge in [0.2, 0.25) is 10.0 Å². The first-order chi connectivity index (χ1) is 17.9. The zero-order chi connectivity index (χ0) is 26.3. The Morgan fingerprint density at radius 2 is 1.51 bits per heavy atom. The Labute approximate surface area is 229 Å². The van der Waals surface area contributed by atoms with Crippen LogP contribution in [0.4, 0.5) is 5.13 Å². The number of ether oxygens (including phenoxy) is 1. The lowest BCUT2D eigenvalue weighted by Crippen LogP contribution is -2.34. The minimum absolute atomic E-state index is 0.0653. The van der Waals surface area contributed by atoms with Gasteiger partial charge in [0.05, 0.1) is 10.6 Å². The summed E-state index contributed by atoms with van der Waals surface area (Å²) in [5, 5.41) is 5.04. The van der Waals surface area contributed by atoms with Crippen LogP contribution in [0.3, 0.4) is 0 Å². The van der Waals surface area contributed by atoms with E-state index in [2.05, 4.69) is 10.3 Å². The summed E-state index contributed by atoms with van der Waals surface area (Å²) in [7, 11) is -3.76. The van der Waals surface area contributed by atoms with Crippen molar-refractivity contribution in [1.82, 2.24) is 9.29 Å². The number of hydrogen-bond acceptors (Lipinski definition) is 6. The molecular formula is C26H23Cl2N3O4S2. The molecule has 0 saturated heterocycles. The van der Waals surface area contributed by atoms with Gasteiger partial charge in [-0.2, -0.15) is 4.31 Å². The molecule has 37 heavy (non-hydrogen) atoms. The van der Waals surface area contributed by atoms with E-state index in [1.165, 1.54) is 39.9 Å². The molecule has 4 aromatic rings. The summed E-state index contributed by atoms with van der Waals surface area (Å²) in [6.45, 7) is 0.294. The number of para-hydroxylation sites is 1. The molecule has 0 aliphatic rings. The Hall–Kier alpha value is -2.95. The zero-order valence-electron chi connectivity index (χ0n) is 19.5. The summed E-state index contributed by atoms with van der Waals surface area (Å²) in [6.07, 6.45) is 0. The monoisotopic (exact) mass is 575 g/mol. The van der Waals surface area contributed by atoms with Gasteiger partial charge in [-0.05, 0) is 60.7 Å². The zero-order valence-corrected chi connectivity index (χ0v) is 22.7. The lowest BCUT2D eigenvalue weighted by molar-refractivity contribution is 0.102. The van der Waals surface area contributed by atoms with Crippen LogP contribution < -0.4 is 10.1 Å². The fourth-order valence-corrected chi connectivity index (χ4v) is 6.18. The smallest absolute Gasteiger partial charge is 0.257 e. The molecule has 11 heteroatoms. The Kier molecular flexibility index (Phi) is 9.18. The van der Waals surface area contributed by atoms with E-state index < -0.39 is 15.9 Å². The number of nitrogens with one attached hydrogen (secondary N) is 1. The molecule has 3 aromatic carbocycles. The van der Waals surface area contributed by atoms with Crippen LogP contribution in [0.15, 0.2) is 89.1 Å². The third-order valence-corrected chi connectivity index (χ3v) is 8.28. The Bertz CT molecular complexity index is 1420. The van der Waals surface area contributed by atoms with E-state index in [0.29, 0.717) is 22.1 Å². The molecule has 0 saturated carbocycles. The molecule has 0 atom stereocenters. The van der Waals surface area contributed by atoms with Crippen molar-refractivity contribution in [3.05, 3.63) is 89.8 Å². The van der Waals surface area contributed by atoms with Crippen molar-refractivity contribution in [2.45, 2.75) is 4.90 Å². The summed E-state index contributed by atoms with van der Waals surface area (Å²) >= 11 is 12.8. The first kappa shape index (κ1) is 27.1.